The molecule has 0 aliphatic heterocycles. The summed E-state index contributed by atoms with van der Waals surface area (Å²) in [6, 6.07) is 5.87. The van der Waals surface area contributed by atoms with Crippen molar-refractivity contribution in [1.29, 1.82) is 0 Å². The Morgan fingerprint density at radius 2 is 1.86 bits per heavy atom. The zero-order valence-electron chi connectivity index (χ0n) is 16.0. The van der Waals surface area contributed by atoms with Crippen LogP contribution < -0.4 is 4.72 Å². The van der Waals surface area contributed by atoms with Crippen molar-refractivity contribution in [3.05, 3.63) is 59.1 Å². The third kappa shape index (κ3) is 8.25. The van der Waals surface area contributed by atoms with Crippen LogP contribution in [0.15, 0.2) is 47.7 Å². The molecule has 1 aromatic rings. The Bertz CT molecular complexity index is 813. The molecule has 1 aliphatic carbocycles. The SMILES string of the molecule is O=C(O)CCCC=CCC1=C(NS(=O)(=O)CCc2ccc(F)cc2)CCCC1. The normalized spacial score (nSPS) is 15.2. The number of sulfonamides is 1. The summed E-state index contributed by atoms with van der Waals surface area (Å²) in [4.78, 5) is 10.5. The van der Waals surface area contributed by atoms with Crippen molar-refractivity contribution in [3.63, 3.8) is 0 Å². The Hall–Kier alpha value is -2.15. The van der Waals surface area contributed by atoms with Crippen LogP contribution in [0.25, 0.3) is 0 Å². The predicted octanol–water partition coefficient (Wildman–Crippen LogP) is 4.32. The standard InChI is InChI=1S/C21H28FNO4S/c22-19-13-11-17(12-14-19)15-16-28(26,27)23-20-9-6-5-8-18(20)7-3-1-2-4-10-21(24)25/h1,3,11-14,23H,2,4-10,15-16H2,(H,24,25). The quantitative estimate of drug-likeness (QED) is 0.421. The lowest BCUT2D eigenvalue weighted by Gasteiger charge is -2.21. The van der Waals surface area contributed by atoms with Crippen LogP contribution in [-0.2, 0) is 21.2 Å². The zero-order chi connectivity index (χ0) is 20.4. The first-order valence-corrected chi connectivity index (χ1v) is 11.3. The highest BCUT2D eigenvalue weighted by atomic mass is 32.2. The van der Waals surface area contributed by atoms with E-state index in [0.717, 1.165) is 42.5 Å². The van der Waals surface area contributed by atoms with Gasteiger partial charge in [-0.3, -0.25) is 9.52 Å². The van der Waals surface area contributed by atoms with Crippen LogP contribution in [0.3, 0.4) is 0 Å². The first-order valence-electron chi connectivity index (χ1n) is 9.68. The number of carboxylic acids is 1. The minimum atomic E-state index is -3.46. The number of unbranched alkanes of at least 4 members (excludes halogenated alkanes) is 1. The highest BCUT2D eigenvalue weighted by molar-refractivity contribution is 7.89. The summed E-state index contributed by atoms with van der Waals surface area (Å²) >= 11 is 0. The van der Waals surface area contributed by atoms with Gasteiger partial charge >= 0.3 is 5.97 Å². The van der Waals surface area contributed by atoms with Crippen LogP contribution in [0.1, 0.15) is 56.9 Å². The van der Waals surface area contributed by atoms with Gasteiger partial charge in [-0.25, -0.2) is 12.8 Å². The fourth-order valence-corrected chi connectivity index (χ4v) is 4.40. The van der Waals surface area contributed by atoms with E-state index in [-0.39, 0.29) is 18.0 Å². The minimum absolute atomic E-state index is 0.0412. The number of rotatable bonds is 11. The van der Waals surface area contributed by atoms with Crippen LogP contribution in [-0.4, -0.2) is 25.2 Å². The highest BCUT2D eigenvalue weighted by Crippen LogP contribution is 2.26. The number of aryl methyl sites for hydroxylation is 1. The lowest BCUT2D eigenvalue weighted by atomic mass is 9.94. The molecular weight excluding hydrogens is 381 g/mol. The van der Waals surface area contributed by atoms with Crippen molar-refractivity contribution in [2.45, 2.75) is 57.8 Å². The predicted molar refractivity (Wildman–Crippen MR) is 108 cm³/mol. The minimum Gasteiger partial charge on any atom is -0.481 e. The summed E-state index contributed by atoms with van der Waals surface area (Å²) in [5.74, 6) is -1.17. The highest BCUT2D eigenvalue weighted by Gasteiger charge is 2.18. The molecule has 0 fully saturated rings. The third-order valence-corrected chi connectivity index (χ3v) is 6.02. The number of carbonyl (C=O) groups is 1. The summed E-state index contributed by atoms with van der Waals surface area (Å²) in [7, 11) is -3.46. The second-order valence-electron chi connectivity index (χ2n) is 7.05. The Balaban J connectivity index is 1.90. The number of hydrogen-bond acceptors (Lipinski definition) is 3. The maximum absolute atomic E-state index is 13.0. The molecule has 0 spiro atoms. The van der Waals surface area contributed by atoms with Gasteiger partial charge < -0.3 is 5.11 Å². The molecule has 0 atom stereocenters. The number of nitrogens with one attached hydrogen (secondary N) is 1. The first kappa shape index (κ1) is 22.1. The van der Waals surface area contributed by atoms with E-state index in [4.69, 9.17) is 5.11 Å². The molecule has 1 aromatic carbocycles. The number of hydrogen-bond donors (Lipinski definition) is 2. The maximum atomic E-state index is 13.0. The molecule has 0 unspecified atom stereocenters. The molecule has 5 nitrogen and oxygen atoms in total. The topological polar surface area (TPSA) is 83.5 Å². The Labute approximate surface area is 166 Å². The average Bonchev–Trinajstić information content (AvgIpc) is 2.65. The van der Waals surface area contributed by atoms with Crippen LogP contribution in [0.2, 0.25) is 0 Å². The van der Waals surface area contributed by atoms with E-state index in [1.165, 1.54) is 12.1 Å². The molecule has 0 aromatic heterocycles. The lowest BCUT2D eigenvalue weighted by Crippen LogP contribution is -2.28. The zero-order valence-corrected chi connectivity index (χ0v) is 16.8. The van der Waals surface area contributed by atoms with E-state index < -0.39 is 16.0 Å². The van der Waals surface area contributed by atoms with Gasteiger partial charge in [0.1, 0.15) is 5.82 Å². The molecule has 28 heavy (non-hydrogen) atoms. The van der Waals surface area contributed by atoms with Crippen LogP contribution in [0, 0.1) is 5.82 Å². The number of benzene rings is 1. The van der Waals surface area contributed by atoms with Crippen molar-refractivity contribution < 1.29 is 22.7 Å². The summed E-state index contributed by atoms with van der Waals surface area (Å²) < 4.78 is 40.7. The molecule has 0 amide bonds. The summed E-state index contributed by atoms with van der Waals surface area (Å²) in [5.41, 5.74) is 2.68. The molecule has 0 radical (unpaired) electrons. The van der Waals surface area contributed by atoms with Crippen molar-refractivity contribution in [1.82, 2.24) is 4.72 Å². The Kier molecular flexibility index (Phi) is 8.70. The smallest absolute Gasteiger partial charge is 0.303 e. The molecule has 0 saturated carbocycles. The number of halogens is 1. The van der Waals surface area contributed by atoms with Gasteiger partial charge in [-0.05, 0) is 74.6 Å². The molecule has 1 aliphatic rings. The van der Waals surface area contributed by atoms with Crippen LogP contribution in [0.4, 0.5) is 4.39 Å². The molecule has 154 valence electrons. The van der Waals surface area contributed by atoms with E-state index in [0.29, 0.717) is 25.7 Å². The molecule has 2 N–H and O–H groups in total. The third-order valence-electron chi connectivity index (χ3n) is 4.73. The molecular formula is C21H28FNO4S. The average molecular weight is 410 g/mol. The second-order valence-corrected chi connectivity index (χ2v) is 8.89. The lowest BCUT2D eigenvalue weighted by molar-refractivity contribution is -0.137. The number of allylic oxidation sites excluding steroid dienone is 4. The van der Waals surface area contributed by atoms with Crippen LogP contribution >= 0.6 is 0 Å². The van der Waals surface area contributed by atoms with Gasteiger partial charge in [-0.15, -0.1) is 0 Å². The molecule has 0 bridgehead atoms. The van der Waals surface area contributed by atoms with Crippen molar-refractivity contribution >= 4 is 16.0 Å². The van der Waals surface area contributed by atoms with Crippen molar-refractivity contribution in [3.8, 4) is 0 Å². The van der Waals surface area contributed by atoms with Gasteiger partial charge in [0.15, 0.2) is 0 Å². The first-order chi connectivity index (χ1) is 13.4. The molecule has 0 saturated heterocycles. The monoisotopic (exact) mass is 409 g/mol. The summed E-state index contributed by atoms with van der Waals surface area (Å²) in [6.07, 6.45) is 10.0. The van der Waals surface area contributed by atoms with Crippen molar-refractivity contribution in [2.24, 2.45) is 0 Å². The maximum Gasteiger partial charge on any atom is 0.303 e. The van der Waals surface area contributed by atoms with E-state index in [2.05, 4.69) is 4.72 Å². The van der Waals surface area contributed by atoms with E-state index in [9.17, 15) is 17.6 Å². The number of carboxylic acid groups (broad SMARTS) is 1. The Morgan fingerprint density at radius 3 is 2.57 bits per heavy atom. The Morgan fingerprint density at radius 1 is 1.14 bits per heavy atom. The largest absolute Gasteiger partial charge is 0.481 e. The van der Waals surface area contributed by atoms with E-state index in [1.807, 2.05) is 12.2 Å². The van der Waals surface area contributed by atoms with Gasteiger partial charge in [0.2, 0.25) is 10.0 Å². The van der Waals surface area contributed by atoms with Gasteiger partial charge in [-0.1, -0.05) is 24.3 Å². The van der Waals surface area contributed by atoms with Gasteiger partial charge in [0, 0.05) is 12.1 Å². The van der Waals surface area contributed by atoms with Crippen molar-refractivity contribution in [2.75, 3.05) is 5.75 Å². The fraction of sp³-hybridized carbons (Fsp3) is 0.476. The van der Waals surface area contributed by atoms with Crippen LogP contribution in [0.5, 0.6) is 0 Å². The molecule has 7 heteroatoms. The molecule has 2 rings (SSSR count). The van der Waals surface area contributed by atoms with Gasteiger partial charge in [-0.2, -0.15) is 0 Å². The van der Waals surface area contributed by atoms with E-state index in [1.54, 1.807) is 12.1 Å². The van der Waals surface area contributed by atoms with Gasteiger partial charge in [0.05, 0.1) is 5.75 Å². The van der Waals surface area contributed by atoms with Gasteiger partial charge in [0.25, 0.3) is 0 Å². The van der Waals surface area contributed by atoms with E-state index >= 15 is 0 Å². The second kappa shape index (κ2) is 11.0. The fourth-order valence-electron chi connectivity index (χ4n) is 3.17. The summed E-state index contributed by atoms with van der Waals surface area (Å²) in [5, 5.41) is 8.63. The summed E-state index contributed by atoms with van der Waals surface area (Å²) in [6.45, 7) is 0. The molecule has 0 heterocycles. The number of aliphatic carboxylic acids is 1.